The van der Waals surface area contributed by atoms with Crippen LogP contribution < -0.4 is 5.32 Å². The quantitative estimate of drug-likeness (QED) is 0.689. The highest BCUT2D eigenvalue weighted by atomic mass is 32.2. The molecule has 2 nitrogen and oxygen atoms in total. The average Bonchev–Trinajstić information content (AvgIpc) is 2.22. The zero-order valence-corrected chi connectivity index (χ0v) is 10.9. The fraction of sp³-hybridized carbons (Fsp3) is 1.00. The zero-order valence-electron chi connectivity index (χ0n) is 10.0. The van der Waals surface area contributed by atoms with E-state index in [1.165, 1.54) is 30.8 Å². The molecule has 2 N–H and O–H groups in total. The molecule has 0 saturated heterocycles. The van der Waals surface area contributed by atoms with Gasteiger partial charge in [-0.05, 0) is 37.7 Å². The lowest BCUT2D eigenvalue weighted by Crippen LogP contribution is -2.46. The summed E-state index contributed by atoms with van der Waals surface area (Å²) in [6.07, 6.45) is 5.69. The summed E-state index contributed by atoms with van der Waals surface area (Å²) in [7, 11) is 0. The highest BCUT2D eigenvalue weighted by Crippen LogP contribution is 2.19. The van der Waals surface area contributed by atoms with Gasteiger partial charge in [-0.25, -0.2) is 0 Å². The molecular weight excluding hydrogens is 206 g/mol. The van der Waals surface area contributed by atoms with Crippen LogP contribution in [0.2, 0.25) is 0 Å². The zero-order chi connectivity index (χ0) is 11.1. The van der Waals surface area contributed by atoms with Crippen LogP contribution >= 0.6 is 11.8 Å². The third kappa shape index (κ3) is 5.23. The predicted octanol–water partition coefficient (Wildman–Crippen LogP) is 2.41. The van der Waals surface area contributed by atoms with Gasteiger partial charge in [0.1, 0.15) is 0 Å². The van der Waals surface area contributed by atoms with Crippen molar-refractivity contribution in [3.63, 3.8) is 0 Å². The molecule has 0 aliphatic heterocycles. The van der Waals surface area contributed by atoms with E-state index in [0.29, 0.717) is 12.1 Å². The van der Waals surface area contributed by atoms with Gasteiger partial charge in [-0.15, -0.1) is 0 Å². The average molecular weight is 231 g/mol. The Morgan fingerprint density at radius 1 is 1.40 bits per heavy atom. The molecule has 0 heterocycles. The highest BCUT2D eigenvalue weighted by Gasteiger charge is 2.23. The minimum absolute atomic E-state index is 0.111. The van der Waals surface area contributed by atoms with Crippen molar-refractivity contribution in [3.05, 3.63) is 0 Å². The Bertz CT molecular complexity index is 166. The van der Waals surface area contributed by atoms with Crippen molar-refractivity contribution < 1.29 is 5.11 Å². The first-order valence-electron chi connectivity index (χ1n) is 6.26. The van der Waals surface area contributed by atoms with Gasteiger partial charge in [-0.2, -0.15) is 11.8 Å². The molecule has 1 aliphatic carbocycles. The van der Waals surface area contributed by atoms with Gasteiger partial charge in [0.2, 0.25) is 0 Å². The first-order valence-corrected chi connectivity index (χ1v) is 7.41. The summed E-state index contributed by atoms with van der Waals surface area (Å²) in [5.74, 6) is 2.44. The smallest absolute Gasteiger partial charge is 0.0693 e. The van der Waals surface area contributed by atoms with E-state index in [1.54, 1.807) is 0 Å². The lowest BCUT2D eigenvalue weighted by Gasteiger charge is -2.31. The first kappa shape index (κ1) is 13.3. The Morgan fingerprint density at radius 2 is 2.13 bits per heavy atom. The fourth-order valence-corrected chi connectivity index (χ4v) is 2.97. The Morgan fingerprint density at radius 3 is 2.80 bits per heavy atom. The summed E-state index contributed by atoms with van der Waals surface area (Å²) in [5, 5.41) is 13.4. The Kier molecular flexibility index (Phi) is 6.69. The molecule has 0 radical (unpaired) electrons. The Hall–Kier alpha value is 0.270. The van der Waals surface area contributed by atoms with E-state index in [2.05, 4.69) is 19.2 Å². The Labute approximate surface area is 98.2 Å². The molecular formula is C12H25NOS. The lowest BCUT2D eigenvalue weighted by molar-refractivity contribution is 0.0858. The molecule has 90 valence electrons. The monoisotopic (exact) mass is 231 g/mol. The number of hydrogen-bond acceptors (Lipinski definition) is 3. The Balaban J connectivity index is 2.15. The van der Waals surface area contributed by atoms with Gasteiger partial charge in [0.05, 0.1) is 6.10 Å². The largest absolute Gasteiger partial charge is 0.392 e. The van der Waals surface area contributed by atoms with Crippen LogP contribution in [0.25, 0.3) is 0 Å². The second kappa shape index (κ2) is 7.53. The fourth-order valence-electron chi connectivity index (χ4n) is 2.16. The van der Waals surface area contributed by atoms with Gasteiger partial charge in [-0.3, -0.25) is 0 Å². The van der Waals surface area contributed by atoms with E-state index in [9.17, 15) is 5.11 Å². The summed E-state index contributed by atoms with van der Waals surface area (Å²) < 4.78 is 0. The highest BCUT2D eigenvalue weighted by molar-refractivity contribution is 7.99. The van der Waals surface area contributed by atoms with Crippen LogP contribution in [0.3, 0.4) is 0 Å². The van der Waals surface area contributed by atoms with Gasteiger partial charge in [-0.1, -0.05) is 19.8 Å². The topological polar surface area (TPSA) is 32.3 Å². The second-order valence-corrected chi connectivity index (χ2v) is 5.91. The molecule has 1 saturated carbocycles. The van der Waals surface area contributed by atoms with Crippen molar-refractivity contribution in [2.45, 2.75) is 64.1 Å². The van der Waals surface area contributed by atoms with E-state index in [4.69, 9.17) is 0 Å². The van der Waals surface area contributed by atoms with E-state index in [-0.39, 0.29) is 6.10 Å². The molecule has 0 spiro atoms. The van der Waals surface area contributed by atoms with E-state index in [0.717, 1.165) is 12.8 Å². The number of hydrogen-bond donors (Lipinski definition) is 2. The van der Waals surface area contributed by atoms with Crippen molar-refractivity contribution in [1.29, 1.82) is 0 Å². The third-order valence-corrected chi connectivity index (χ3v) is 4.06. The van der Waals surface area contributed by atoms with Gasteiger partial charge < -0.3 is 10.4 Å². The van der Waals surface area contributed by atoms with Crippen molar-refractivity contribution in [2.75, 3.05) is 11.5 Å². The van der Waals surface area contributed by atoms with Gasteiger partial charge >= 0.3 is 0 Å². The number of aliphatic hydroxyl groups excluding tert-OH is 1. The molecule has 3 heteroatoms. The summed E-state index contributed by atoms with van der Waals surface area (Å²) in [5.41, 5.74) is 0. The third-order valence-electron chi connectivity index (χ3n) is 3.13. The molecule has 1 fully saturated rings. The van der Waals surface area contributed by atoms with Crippen molar-refractivity contribution in [3.8, 4) is 0 Å². The van der Waals surface area contributed by atoms with E-state index >= 15 is 0 Å². The maximum atomic E-state index is 9.82. The molecule has 0 bridgehead atoms. The minimum Gasteiger partial charge on any atom is -0.392 e. The lowest BCUT2D eigenvalue weighted by atomic mass is 9.92. The maximum Gasteiger partial charge on any atom is 0.0693 e. The SMILES string of the molecule is CCSCCC(C)N[C@@H]1CCCC[C@H]1O. The first-order chi connectivity index (χ1) is 7.24. The van der Waals surface area contributed by atoms with E-state index in [1.807, 2.05) is 11.8 Å². The van der Waals surface area contributed by atoms with Crippen molar-refractivity contribution in [2.24, 2.45) is 0 Å². The predicted molar refractivity (Wildman–Crippen MR) is 68.5 cm³/mol. The van der Waals surface area contributed by atoms with Gasteiger partial charge in [0, 0.05) is 12.1 Å². The molecule has 15 heavy (non-hydrogen) atoms. The number of thioether (sulfide) groups is 1. The van der Waals surface area contributed by atoms with E-state index < -0.39 is 0 Å². The maximum absolute atomic E-state index is 9.82. The minimum atomic E-state index is -0.111. The molecule has 0 amide bonds. The normalized spacial score (nSPS) is 29.0. The van der Waals surface area contributed by atoms with Crippen molar-refractivity contribution >= 4 is 11.8 Å². The van der Waals surface area contributed by atoms with Crippen LogP contribution in [0.1, 0.15) is 46.0 Å². The molecule has 0 aromatic rings. The van der Waals surface area contributed by atoms with Crippen LogP contribution in [0, 0.1) is 0 Å². The number of rotatable bonds is 6. The summed E-state index contributed by atoms with van der Waals surface area (Å²) >= 11 is 2.00. The van der Waals surface area contributed by atoms with Crippen LogP contribution in [0.4, 0.5) is 0 Å². The molecule has 1 rings (SSSR count). The summed E-state index contributed by atoms with van der Waals surface area (Å²) in [4.78, 5) is 0. The standard InChI is InChI=1S/C12H25NOS/c1-3-15-9-8-10(2)13-11-6-4-5-7-12(11)14/h10-14H,3-9H2,1-2H3/t10?,11-,12-/m1/s1. The summed E-state index contributed by atoms with van der Waals surface area (Å²) in [6.45, 7) is 4.44. The molecule has 1 unspecified atom stereocenters. The second-order valence-electron chi connectivity index (χ2n) is 4.51. The molecule has 3 atom stereocenters. The molecule has 1 aliphatic rings. The van der Waals surface area contributed by atoms with Crippen LogP contribution in [0.15, 0.2) is 0 Å². The van der Waals surface area contributed by atoms with Crippen LogP contribution in [-0.4, -0.2) is 34.8 Å². The number of aliphatic hydroxyl groups is 1. The van der Waals surface area contributed by atoms with Gasteiger partial charge in [0.15, 0.2) is 0 Å². The van der Waals surface area contributed by atoms with Crippen LogP contribution in [-0.2, 0) is 0 Å². The van der Waals surface area contributed by atoms with Crippen molar-refractivity contribution in [1.82, 2.24) is 5.32 Å². The summed E-state index contributed by atoms with van der Waals surface area (Å²) in [6, 6.07) is 0.891. The number of nitrogens with one attached hydrogen (secondary N) is 1. The van der Waals surface area contributed by atoms with Gasteiger partial charge in [0.25, 0.3) is 0 Å². The molecule has 0 aromatic heterocycles. The molecule has 0 aromatic carbocycles. The van der Waals surface area contributed by atoms with Crippen LogP contribution in [0.5, 0.6) is 0 Å².